The number of benzene rings is 2. The maximum absolute atomic E-state index is 11.0. The third-order valence-corrected chi connectivity index (χ3v) is 8.25. The van der Waals surface area contributed by atoms with Crippen molar-refractivity contribution in [3.05, 3.63) is 59.5 Å². The second kappa shape index (κ2) is 10.2. The Morgan fingerprint density at radius 2 is 1.84 bits per heavy atom. The van der Waals surface area contributed by atoms with Gasteiger partial charge in [-0.3, -0.25) is 4.68 Å². The summed E-state index contributed by atoms with van der Waals surface area (Å²) in [6.45, 7) is 9.59. The number of phenolic OH excluding ortho intramolecular Hbond substituents is 1. The first-order valence-corrected chi connectivity index (χ1v) is 14.8. The van der Waals surface area contributed by atoms with Gasteiger partial charge in [0.15, 0.2) is 5.82 Å². The molecule has 0 fully saturated rings. The van der Waals surface area contributed by atoms with Crippen molar-refractivity contribution in [1.29, 1.82) is 0 Å². The Hall–Kier alpha value is -3.35. The summed E-state index contributed by atoms with van der Waals surface area (Å²) in [5, 5.41) is 23.7. The van der Waals surface area contributed by atoms with Crippen LogP contribution in [0.15, 0.2) is 48.8 Å². The minimum Gasteiger partial charge on any atom is -0.506 e. The van der Waals surface area contributed by atoms with Gasteiger partial charge in [0.2, 0.25) is 5.95 Å². The molecule has 5 rings (SSSR count). The number of aromatic nitrogens is 4. The number of nitrogens with zero attached hydrogens (tertiary/aromatic N) is 5. The maximum atomic E-state index is 11.0. The maximum Gasteiger partial charge on any atom is 0.229 e. The molecule has 0 bridgehead atoms. The molecule has 1 aliphatic heterocycles. The average Bonchev–Trinajstić information content (AvgIpc) is 3.14. The molecule has 3 N–H and O–H groups in total. The van der Waals surface area contributed by atoms with Crippen LogP contribution in [0.5, 0.6) is 5.75 Å². The second-order valence-corrected chi connectivity index (χ2v) is 12.3. The molecule has 0 aliphatic carbocycles. The predicted octanol–water partition coefficient (Wildman–Crippen LogP) is 5.86. The molecule has 8 nitrogen and oxygen atoms in total. The summed E-state index contributed by atoms with van der Waals surface area (Å²) in [5.74, 6) is 0.951. The van der Waals surface area contributed by atoms with E-state index in [1.807, 2.05) is 48.3 Å². The third kappa shape index (κ3) is 4.96. The molecule has 4 aromatic rings. The van der Waals surface area contributed by atoms with Gasteiger partial charge in [-0.15, -0.1) is 0 Å². The zero-order valence-electron chi connectivity index (χ0n) is 21.6. The number of fused-ring (bicyclic) bond motifs is 3. The Kier molecular flexibility index (Phi) is 6.97. The summed E-state index contributed by atoms with van der Waals surface area (Å²) in [6.07, 6.45) is 4.33. The highest BCUT2D eigenvalue weighted by molar-refractivity contribution is 7.64. The quantitative estimate of drug-likeness (QED) is 0.210. The van der Waals surface area contributed by atoms with Crippen LogP contribution < -0.4 is 20.8 Å². The SMILES string of the molecule is CC(C)N1CCc2c(cnn2C)-c2cc(Nc3ncc(Cl)c(Nc4ccccc4P(C)C)n3)c(O)cc21. The van der Waals surface area contributed by atoms with E-state index in [1.54, 1.807) is 6.20 Å². The molecular formula is C27H31ClN7OP. The van der Waals surface area contributed by atoms with Crippen molar-refractivity contribution >= 4 is 53.7 Å². The Bertz CT molecular complexity index is 1450. The zero-order valence-corrected chi connectivity index (χ0v) is 23.3. The van der Waals surface area contributed by atoms with Gasteiger partial charge >= 0.3 is 0 Å². The van der Waals surface area contributed by atoms with E-state index in [9.17, 15) is 5.11 Å². The number of rotatable bonds is 6. The minimum absolute atomic E-state index is 0.123. The first kappa shape index (κ1) is 25.3. The number of aryl methyl sites for hydroxylation is 1. The van der Waals surface area contributed by atoms with Crippen LogP contribution >= 0.6 is 19.5 Å². The van der Waals surface area contributed by atoms with Crippen LogP contribution in [0.25, 0.3) is 11.1 Å². The van der Waals surface area contributed by atoms with E-state index in [0.717, 1.165) is 35.5 Å². The van der Waals surface area contributed by atoms with Crippen LogP contribution in [0.3, 0.4) is 0 Å². The lowest BCUT2D eigenvalue weighted by Crippen LogP contribution is -2.32. The Morgan fingerprint density at radius 1 is 1.05 bits per heavy atom. The third-order valence-electron chi connectivity index (χ3n) is 6.62. The lowest BCUT2D eigenvalue weighted by Gasteiger charge is -2.29. The predicted molar refractivity (Wildman–Crippen MR) is 155 cm³/mol. The van der Waals surface area contributed by atoms with Crippen LogP contribution in [0, 0.1) is 0 Å². The smallest absolute Gasteiger partial charge is 0.229 e. The molecule has 0 amide bonds. The lowest BCUT2D eigenvalue weighted by atomic mass is 10.0. The molecule has 0 radical (unpaired) electrons. The van der Waals surface area contributed by atoms with Gasteiger partial charge < -0.3 is 20.6 Å². The molecule has 192 valence electrons. The molecular weight excluding hydrogens is 505 g/mol. The van der Waals surface area contributed by atoms with Gasteiger partial charge in [0, 0.05) is 60.3 Å². The number of aromatic hydroxyl groups is 1. The lowest BCUT2D eigenvalue weighted by molar-refractivity contribution is 0.477. The topological polar surface area (TPSA) is 91.1 Å². The first-order chi connectivity index (χ1) is 17.7. The fourth-order valence-corrected chi connectivity index (χ4v) is 5.87. The summed E-state index contributed by atoms with van der Waals surface area (Å²) in [4.78, 5) is 11.3. The van der Waals surface area contributed by atoms with Crippen LogP contribution in [0.4, 0.5) is 28.8 Å². The Labute approximate surface area is 223 Å². The Morgan fingerprint density at radius 3 is 2.59 bits per heavy atom. The molecule has 0 saturated carbocycles. The summed E-state index contributed by atoms with van der Waals surface area (Å²) >= 11 is 6.46. The fourth-order valence-electron chi connectivity index (χ4n) is 4.73. The second-order valence-electron chi connectivity index (χ2n) is 9.60. The van der Waals surface area contributed by atoms with Gasteiger partial charge in [-0.1, -0.05) is 37.7 Å². The average molecular weight is 536 g/mol. The highest BCUT2D eigenvalue weighted by Gasteiger charge is 2.26. The van der Waals surface area contributed by atoms with E-state index in [1.165, 1.54) is 11.0 Å². The number of nitrogens with one attached hydrogen (secondary N) is 2. The van der Waals surface area contributed by atoms with Gasteiger partial charge in [-0.05, 0) is 44.6 Å². The highest BCUT2D eigenvalue weighted by atomic mass is 35.5. The zero-order chi connectivity index (χ0) is 26.3. The molecule has 2 aromatic heterocycles. The molecule has 0 unspecified atom stereocenters. The number of anilines is 5. The Balaban J connectivity index is 1.52. The number of hydrogen-bond acceptors (Lipinski definition) is 7. The van der Waals surface area contributed by atoms with Crippen molar-refractivity contribution in [2.24, 2.45) is 7.05 Å². The highest BCUT2D eigenvalue weighted by Crippen LogP contribution is 2.43. The minimum atomic E-state index is -0.318. The van der Waals surface area contributed by atoms with Crippen LogP contribution in [0.1, 0.15) is 19.5 Å². The van der Waals surface area contributed by atoms with Gasteiger partial charge in [-0.2, -0.15) is 10.1 Å². The van der Waals surface area contributed by atoms with Crippen LogP contribution in [0.2, 0.25) is 5.02 Å². The van der Waals surface area contributed by atoms with Gasteiger partial charge in [-0.25, -0.2) is 4.98 Å². The number of halogens is 1. The van der Waals surface area contributed by atoms with Crippen molar-refractivity contribution in [2.45, 2.75) is 26.3 Å². The van der Waals surface area contributed by atoms with E-state index in [-0.39, 0.29) is 19.7 Å². The van der Waals surface area contributed by atoms with Crippen LogP contribution in [-0.2, 0) is 13.5 Å². The largest absolute Gasteiger partial charge is 0.506 e. The van der Waals surface area contributed by atoms with E-state index in [4.69, 9.17) is 11.6 Å². The van der Waals surface area contributed by atoms with Crippen molar-refractivity contribution < 1.29 is 5.11 Å². The van der Waals surface area contributed by atoms with E-state index >= 15 is 0 Å². The normalized spacial score (nSPS) is 12.9. The van der Waals surface area contributed by atoms with E-state index in [2.05, 4.69) is 63.8 Å². The monoisotopic (exact) mass is 535 g/mol. The molecule has 0 saturated heterocycles. The van der Waals surface area contributed by atoms with Gasteiger partial charge in [0.25, 0.3) is 0 Å². The first-order valence-electron chi connectivity index (χ1n) is 12.2. The molecule has 0 atom stereocenters. The molecule has 2 aromatic carbocycles. The number of hydrogen-bond donors (Lipinski definition) is 3. The molecule has 0 spiro atoms. The van der Waals surface area contributed by atoms with Crippen molar-refractivity contribution in [3.8, 4) is 16.9 Å². The molecule has 3 heterocycles. The summed E-state index contributed by atoms with van der Waals surface area (Å²) in [7, 11) is 1.65. The number of phenols is 1. The van der Waals surface area contributed by atoms with Gasteiger partial charge in [0.05, 0.1) is 18.1 Å². The fraction of sp³-hybridized carbons (Fsp3) is 0.296. The number of para-hydroxylation sites is 1. The standard InChI is InChI=1S/C27H31ClN7OP/c1-16(2)35-11-10-22-18(14-30-34(22)3)17-12-21(24(36)13-23(17)35)32-27-29-15-19(28)26(33-27)31-20-8-6-7-9-25(20)37(4)5/h6-9,12-16,36H,10-11H2,1-5H3,(H2,29,31,32,33). The molecule has 37 heavy (non-hydrogen) atoms. The van der Waals surface area contributed by atoms with Crippen molar-refractivity contribution in [2.75, 3.05) is 35.4 Å². The van der Waals surface area contributed by atoms with E-state index in [0.29, 0.717) is 22.5 Å². The van der Waals surface area contributed by atoms with Gasteiger partial charge in [0.1, 0.15) is 10.8 Å². The summed E-state index contributed by atoms with van der Waals surface area (Å²) in [6, 6.07) is 12.2. The van der Waals surface area contributed by atoms with Crippen molar-refractivity contribution in [1.82, 2.24) is 19.7 Å². The summed E-state index contributed by atoms with van der Waals surface area (Å²) in [5.41, 5.74) is 5.71. The van der Waals surface area contributed by atoms with Crippen LogP contribution in [-0.4, -0.2) is 50.8 Å². The summed E-state index contributed by atoms with van der Waals surface area (Å²) < 4.78 is 1.93. The van der Waals surface area contributed by atoms with E-state index < -0.39 is 0 Å². The molecule has 1 aliphatic rings. The van der Waals surface area contributed by atoms with Crippen molar-refractivity contribution in [3.63, 3.8) is 0 Å². The molecule has 10 heteroatoms.